The Kier molecular flexibility index (Phi) is 6.44. The van der Waals surface area contributed by atoms with E-state index in [4.69, 9.17) is 14.2 Å². The topological polar surface area (TPSA) is 96.5 Å². The second kappa shape index (κ2) is 10.0. The van der Waals surface area contributed by atoms with Gasteiger partial charge in [0.2, 0.25) is 5.88 Å². The lowest BCUT2D eigenvalue weighted by Gasteiger charge is -2.30. The highest BCUT2D eigenvalue weighted by Crippen LogP contribution is 2.40. The number of pyridine rings is 1. The van der Waals surface area contributed by atoms with Crippen molar-refractivity contribution in [1.29, 1.82) is 0 Å². The first-order valence-corrected chi connectivity index (χ1v) is 13.0. The van der Waals surface area contributed by atoms with Gasteiger partial charge >= 0.3 is 6.03 Å². The normalized spacial score (nSPS) is 24.2. The van der Waals surface area contributed by atoms with E-state index in [9.17, 15) is 9.90 Å². The van der Waals surface area contributed by atoms with Gasteiger partial charge in [0.05, 0.1) is 12.2 Å². The second-order valence-electron chi connectivity index (χ2n) is 9.81. The van der Waals surface area contributed by atoms with Crippen LogP contribution in [0.1, 0.15) is 31.7 Å². The largest absolute Gasteiger partial charge is 0.490 e. The summed E-state index contributed by atoms with van der Waals surface area (Å²) >= 11 is 0. The Labute approximate surface area is 216 Å². The molecule has 2 N–H and O–H groups in total. The first-order valence-electron chi connectivity index (χ1n) is 13.0. The number of aromatic nitrogens is 1. The van der Waals surface area contributed by atoms with Crippen LogP contribution in [-0.2, 0) is 11.2 Å². The van der Waals surface area contributed by atoms with Crippen LogP contribution in [0.3, 0.4) is 0 Å². The average Bonchev–Trinajstić information content (AvgIpc) is 3.48. The standard InChI is InChI=1S/C29H31N3O5/c1-2-18-5-3-4-6-23(18)31-29(34)32-13-14-35-25-16-19(8-11-24(25)32)21-9-12-26(30-17-21)36-22-10-7-20(15-22)27-28(33)37-27/h3-6,8-9,11-12,16-17,20,22,27-28,33H,2,7,10,13-15H2,1H3,(H,31,34). The molecule has 2 fully saturated rings. The summed E-state index contributed by atoms with van der Waals surface area (Å²) in [5, 5.41) is 12.5. The summed E-state index contributed by atoms with van der Waals surface area (Å²) in [6.45, 7) is 2.98. The molecule has 37 heavy (non-hydrogen) atoms. The number of urea groups is 1. The van der Waals surface area contributed by atoms with E-state index in [1.54, 1.807) is 11.1 Å². The number of epoxide rings is 1. The number of rotatable bonds is 6. The Morgan fingerprint density at radius 2 is 2.00 bits per heavy atom. The van der Waals surface area contributed by atoms with Gasteiger partial charge in [0.25, 0.3) is 0 Å². The maximum absolute atomic E-state index is 13.1. The van der Waals surface area contributed by atoms with E-state index in [0.717, 1.165) is 53.7 Å². The van der Waals surface area contributed by atoms with E-state index < -0.39 is 6.29 Å². The van der Waals surface area contributed by atoms with E-state index in [1.807, 2.05) is 54.6 Å². The van der Waals surface area contributed by atoms with Crippen LogP contribution in [0.4, 0.5) is 16.2 Å². The van der Waals surface area contributed by atoms with Crippen LogP contribution >= 0.6 is 0 Å². The molecule has 0 spiro atoms. The van der Waals surface area contributed by atoms with Crippen molar-refractivity contribution < 1.29 is 24.1 Å². The molecule has 3 heterocycles. The van der Waals surface area contributed by atoms with Crippen molar-refractivity contribution in [2.45, 2.75) is 51.1 Å². The number of nitrogens with one attached hydrogen (secondary N) is 1. The molecule has 1 aromatic heterocycles. The number of nitrogens with zero attached hydrogens (tertiary/aromatic N) is 2. The van der Waals surface area contributed by atoms with E-state index in [0.29, 0.717) is 30.7 Å². The number of aryl methyl sites for hydroxylation is 1. The van der Waals surface area contributed by atoms with Crippen LogP contribution < -0.4 is 19.7 Å². The molecule has 2 aromatic carbocycles. The molecule has 8 heteroatoms. The van der Waals surface area contributed by atoms with Gasteiger partial charge in [0, 0.05) is 23.5 Å². The second-order valence-corrected chi connectivity index (χ2v) is 9.81. The van der Waals surface area contributed by atoms with Gasteiger partial charge in [-0.25, -0.2) is 9.78 Å². The lowest BCUT2D eigenvalue weighted by Crippen LogP contribution is -2.40. The third-order valence-corrected chi connectivity index (χ3v) is 7.46. The van der Waals surface area contributed by atoms with Gasteiger partial charge in [-0.2, -0.15) is 0 Å². The van der Waals surface area contributed by atoms with Crippen LogP contribution in [0.2, 0.25) is 0 Å². The summed E-state index contributed by atoms with van der Waals surface area (Å²) in [4.78, 5) is 19.4. The number of benzene rings is 2. The highest BCUT2D eigenvalue weighted by atomic mass is 16.7. The molecule has 6 rings (SSSR count). The Hall–Kier alpha value is -3.62. The highest BCUT2D eigenvalue weighted by molar-refractivity contribution is 6.03. The van der Waals surface area contributed by atoms with Crippen molar-refractivity contribution in [2.24, 2.45) is 5.92 Å². The van der Waals surface area contributed by atoms with Gasteiger partial charge in [0.1, 0.15) is 24.6 Å². The summed E-state index contributed by atoms with van der Waals surface area (Å²) in [7, 11) is 0. The fraction of sp³-hybridized carbons (Fsp3) is 0.379. The number of ether oxygens (including phenoxy) is 3. The molecule has 8 nitrogen and oxygen atoms in total. The van der Waals surface area contributed by atoms with Crippen LogP contribution in [0.15, 0.2) is 60.8 Å². The third kappa shape index (κ3) is 4.99. The molecule has 1 saturated heterocycles. The van der Waals surface area contributed by atoms with E-state index >= 15 is 0 Å². The smallest absolute Gasteiger partial charge is 0.326 e. The summed E-state index contributed by atoms with van der Waals surface area (Å²) in [6.07, 6.45) is 4.94. The number of carbonyl (C=O) groups is 1. The molecular formula is C29H31N3O5. The Bertz CT molecular complexity index is 1280. The third-order valence-electron chi connectivity index (χ3n) is 7.46. The number of anilines is 2. The average molecular weight is 502 g/mol. The minimum absolute atomic E-state index is 0.0238. The Morgan fingerprint density at radius 3 is 2.78 bits per heavy atom. The van der Waals surface area contributed by atoms with Crippen molar-refractivity contribution in [3.05, 3.63) is 66.4 Å². The number of carbonyl (C=O) groups excluding carboxylic acids is 1. The number of aliphatic hydroxyl groups is 1. The number of fused-ring (bicyclic) bond motifs is 1. The van der Waals surface area contributed by atoms with Gasteiger partial charge in [-0.15, -0.1) is 0 Å². The fourth-order valence-corrected chi connectivity index (χ4v) is 5.37. The lowest BCUT2D eigenvalue weighted by molar-refractivity contribution is 0.155. The number of hydrogen-bond donors (Lipinski definition) is 2. The first kappa shape index (κ1) is 23.8. The molecule has 0 bridgehead atoms. The predicted molar refractivity (Wildman–Crippen MR) is 140 cm³/mol. The minimum Gasteiger partial charge on any atom is -0.490 e. The summed E-state index contributed by atoms with van der Waals surface area (Å²) < 4.78 is 17.2. The van der Waals surface area contributed by atoms with Gasteiger partial charge < -0.3 is 24.6 Å². The van der Waals surface area contributed by atoms with Gasteiger partial charge in [-0.05, 0) is 67.0 Å². The maximum Gasteiger partial charge on any atom is 0.326 e. The predicted octanol–water partition coefficient (Wildman–Crippen LogP) is 5.01. The van der Waals surface area contributed by atoms with Crippen molar-refractivity contribution in [1.82, 2.24) is 4.98 Å². The van der Waals surface area contributed by atoms with Gasteiger partial charge in [-0.1, -0.05) is 31.2 Å². The first-order chi connectivity index (χ1) is 18.1. The molecule has 3 aromatic rings. The van der Waals surface area contributed by atoms with Crippen LogP contribution in [0.5, 0.6) is 11.6 Å². The number of aliphatic hydroxyl groups excluding tert-OH is 1. The van der Waals surface area contributed by atoms with Crippen LogP contribution in [0, 0.1) is 5.92 Å². The van der Waals surface area contributed by atoms with E-state index in [1.165, 1.54) is 0 Å². The van der Waals surface area contributed by atoms with Crippen molar-refractivity contribution >= 4 is 17.4 Å². The molecule has 3 aliphatic rings. The highest BCUT2D eigenvalue weighted by Gasteiger charge is 2.46. The molecule has 192 valence electrons. The minimum atomic E-state index is -0.596. The van der Waals surface area contributed by atoms with E-state index in [-0.39, 0.29) is 18.2 Å². The van der Waals surface area contributed by atoms with Crippen LogP contribution in [0.25, 0.3) is 11.1 Å². The van der Waals surface area contributed by atoms with Gasteiger partial charge in [-0.3, -0.25) is 4.90 Å². The zero-order chi connectivity index (χ0) is 25.4. The van der Waals surface area contributed by atoms with Crippen molar-refractivity contribution in [3.8, 4) is 22.8 Å². The fourth-order valence-electron chi connectivity index (χ4n) is 5.37. The molecule has 2 aliphatic heterocycles. The lowest BCUT2D eigenvalue weighted by atomic mass is 10.0. The SMILES string of the molecule is CCc1ccccc1NC(=O)N1CCOc2cc(-c3ccc(OC4CCC(C5OC5O)C4)nc3)ccc21. The van der Waals surface area contributed by atoms with Crippen LogP contribution in [-0.4, -0.2) is 47.8 Å². The number of hydrogen-bond acceptors (Lipinski definition) is 6. The molecule has 0 radical (unpaired) electrons. The molecule has 1 saturated carbocycles. The molecule has 2 amide bonds. The van der Waals surface area contributed by atoms with Gasteiger partial charge in [0.15, 0.2) is 6.29 Å². The quantitative estimate of drug-likeness (QED) is 0.461. The Morgan fingerprint density at radius 1 is 1.16 bits per heavy atom. The zero-order valence-electron chi connectivity index (χ0n) is 20.8. The summed E-state index contributed by atoms with van der Waals surface area (Å²) in [5.41, 5.74) is 4.57. The maximum atomic E-state index is 13.1. The molecule has 4 unspecified atom stereocenters. The summed E-state index contributed by atoms with van der Waals surface area (Å²) in [6, 6.07) is 17.4. The molecular weight excluding hydrogens is 470 g/mol. The van der Waals surface area contributed by atoms with Crippen molar-refractivity contribution in [2.75, 3.05) is 23.4 Å². The van der Waals surface area contributed by atoms with Crippen molar-refractivity contribution in [3.63, 3.8) is 0 Å². The number of para-hydroxylation sites is 1. The monoisotopic (exact) mass is 501 g/mol. The molecule has 1 aliphatic carbocycles. The van der Waals surface area contributed by atoms with E-state index in [2.05, 4.69) is 17.2 Å². The molecule has 4 atom stereocenters. The Balaban J connectivity index is 1.12. The zero-order valence-corrected chi connectivity index (χ0v) is 20.8. The summed E-state index contributed by atoms with van der Waals surface area (Å²) in [5.74, 6) is 1.62. The number of amides is 2.